The Labute approximate surface area is 129 Å². The lowest BCUT2D eigenvalue weighted by Crippen LogP contribution is -2.45. The van der Waals surface area contributed by atoms with Gasteiger partial charge in [-0.2, -0.15) is 0 Å². The molecule has 2 heterocycles. The molecule has 0 bridgehead atoms. The third-order valence-corrected chi connectivity index (χ3v) is 4.01. The van der Waals surface area contributed by atoms with Crippen molar-refractivity contribution in [3.63, 3.8) is 0 Å². The summed E-state index contributed by atoms with van der Waals surface area (Å²) in [6.07, 6.45) is 3.66. The topological polar surface area (TPSA) is 56.7 Å². The standard InChI is InChI=1S/C17H19N3O2/c21-17(22)15-1-3-16(4-2-15)20-11-9-19(10-12-20)13-14-5-7-18-8-6-14/h1-8H,9-13H2,(H,21,22). The van der Waals surface area contributed by atoms with E-state index < -0.39 is 5.97 Å². The first-order valence-electron chi connectivity index (χ1n) is 7.42. The zero-order valence-electron chi connectivity index (χ0n) is 12.4. The predicted molar refractivity (Wildman–Crippen MR) is 85.1 cm³/mol. The van der Waals surface area contributed by atoms with Crippen LogP contribution in [0.3, 0.4) is 0 Å². The number of piperazine rings is 1. The van der Waals surface area contributed by atoms with Crippen molar-refractivity contribution in [2.45, 2.75) is 6.54 Å². The normalized spacial score (nSPS) is 15.7. The van der Waals surface area contributed by atoms with Crippen molar-refractivity contribution in [2.75, 3.05) is 31.1 Å². The number of hydrogen-bond donors (Lipinski definition) is 1. The van der Waals surface area contributed by atoms with E-state index in [0.717, 1.165) is 38.4 Å². The van der Waals surface area contributed by atoms with Crippen LogP contribution in [-0.2, 0) is 6.54 Å². The number of hydrogen-bond acceptors (Lipinski definition) is 4. The molecule has 0 amide bonds. The number of anilines is 1. The molecule has 1 aliphatic heterocycles. The quantitative estimate of drug-likeness (QED) is 0.936. The minimum atomic E-state index is -0.881. The lowest BCUT2D eigenvalue weighted by atomic mass is 10.1. The molecule has 1 N–H and O–H groups in total. The highest BCUT2D eigenvalue weighted by Crippen LogP contribution is 2.18. The fourth-order valence-corrected chi connectivity index (χ4v) is 2.73. The zero-order chi connectivity index (χ0) is 15.4. The monoisotopic (exact) mass is 297 g/mol. The molecule has 1 aromatic carbocycles. The maximum atomic E-state index is 10.9. The summed E-state index contributed by atoms with van der Waals surface area (Å²) in [4.78, 5) is 19.6. The van der Waals surface area contributed by atoms with Gasteiger partial charge in [0.05, 0.1) is 5.56 Å². The minimum Gasteiger partial charge on any atom is -0.478 e. The van der Waals surface area contributed by atoms with Gasteiger partial charge in [-0.15, -0.1) is 0 Å². The van der Waals surface area contributed by atoms with Crippen molar-refractivity contribution in [1.29, 1.82) is 0 Å². The van der Waals surface area contributed by atoms with Crippen LogP contribution >= 0.6 is 0 Å². The van der Waals surface area contributed by atoms with Gasteiger partial charge in [0.15, 0.2) is 0 Å². The summed E-state index contributed by atoms with van der Waals surface area (Å²) in [5, 5.41) is 8.94. The molecule has 0 spiro atoms. The zero-order valence-corrected chi connectivity index (χ0v) is 12.4. The maximum absolute atomic E-state index is 10.9. The summed E-state index contributed by atoms with van der Waals surface area (Å²) in [6.45, 7) is 4.87. The number of carboxylic acids is 1. The molecule has 1 aromatic heterocycles. The van der Waals surface area contributed by atoms with Gasteiger partial charge in [0.2, 0.25) is 0 Å². The van der Waals surface area contributed by atoms with Crippen molar-refractivity contribution >= 4 is 11.7 Å². The fraction of sp³-hybridized carbons (Fsp3) is 0.294. The summed E-state index contributed by atoms with van der Waals surface area (Å²) in [6, 6.07) is 11.2. The first kappa shape index (κ1) is 14.5. The second kappa shape index (κ2) is 6.58. The highest BCUT2D eigenvalue weighted by Gasteiger charge is 2.17. The summed E-state index contributed by atoms with van der Waals surface area (Å²) < 4.78 is 0. The van der Waals surface area contributed by atoms with E-state index in [1.54, 1.807) is 12.1 Å². The second-order valence-electron chi connectivity index (χ2n) is 5.47. The Balaban J connectivity index is 1.56. The number of aromatic carboxylic acids is 1. The number of carbonyl (C=O) groups is 1. The van der Waals surface area contributed by atoms with Gasteiger partial charge in [0.25, 0.3) is 0 Å². The third kappa shape index (κ3) is 3.43. The van der Waals surface area contributed by atoms with Crippen molar-refractivity contribution in [2.24, 2.45) is 0 Å². The van der Waals surface area contributed by atoms with Crippen molar-refractivity contribution < 1.29 is 9.90 Å². The Morgan fingerprint density at radius 3 is 2.23 bits per heavy atom. The van der Waals surface area contributed by atoms with Gasteiger partial charge in [-0.25, -0.2) is 4.79 Å². The Morgan fingerprint density at radius 1 is 1.00 bits per heavy atom. The van der Waals surface area contributed by atoms with Crippen molar-refractivity contribution in [3.8, 4) is 0 Å². The van der Waals surface area contributed by atoms with Crippen LogP contribution in [0.1, 0.15) is 15.9 Å². The summed E-state index contributed by atoms with van der Waals surface area (Å²) in [7, 11) is 0. The van der Waals surface area contributed by atoms with Crippen LogP contribution in [0.25, 0.3) is 0 Å². The summed E-state index contributed by atoms with van der Waals surface area (Å²) >= 11 is 0. The summed E-state index contributed by atoms with van der Waals surface area (Å²) in [5.74, 6) is -0.881. The number of nitrogens with zero attached hydrogens (tertiary/aromatic N) is 3. The molecule has 5 heteroatoms. The lowest BCUT2D eigenvalue weighted by molar-refractivity contribution is 0.0697. The molecule has 3 rings (SSSR count). The number of rotatable bonds is 4. The first-order chi connectivity index (χ1) is 10.7. The molecule has 0 unspecified atom stereocenters. The highest BCUT2D eigenvalue weighted by molar-refractivity contribution is 5.88. The Bertz CT molecular complexity index is 620. The van der Waals surface area contributed by atoms with Crippen molar-refractivity contribution in [1.82, 2.24) is 9.88 Å². The molecule has 114 valence electrons. The molecule has 0 aliphatic carbocycles. The number of carboxylic acid groups (broad SMARTS) is 1. The number of benzene rings is 1. The van der Waals surface area contributed by atoms with Crippen molar-refractivity contribution in [3.05, 3.63) is 59.9 Å². The van der Waals surface area contributed by atoms with Crippen LogP contribution in [0, 0.1) is 0 Å². The third-order valence-electron chi connectivity index (χ3n) is 4.01. The van der Waals surface area contributed by atoms with Crippen LogP contribution in [0.5, 0.6) is 0 Å². The molecule has 1 aliphatic rings. The molecule has 5 nitrogen and oxygen atoms in total. The Morgan fingerprint density at radius 2 is 1.64 bits per heavy atom. The van der Waals surface area contributed by atoms with Crippen LogP contribution in [0.4, 0.5) is 5.69 Å². The molecule has 1 fully saturated rings. The van der Waals surface area contributed by atoms with E-state index in [1.165, 1.54) is 5.56 Å². The molecule has 2 aromatic rings. The summed E-state index contributed by atoms with van der Waals surface area (Å²) in [5.41, 5.74) is 2.71. The molecule has 0 atom stereocenters. The van der Waals surface area contributed by atoms with E-state index in [2.05, 4.69) is 26.9 Å². The fourth-order valence-electron chi connectivity index (χ4n) is 2.73. The van der Waals surface area contributed by atoms with Gasteiger partial charge in [-0.3, -0.25) is 9.88 Å². The van der Waals surface area contributed by atoms with Gasteiger partial charge in [0, 0.05) is 50.8 Å². The lowest BCUT2D eigenvalue weighted by Gasteiger charge is -2.36. The van der Waals surface area contributed by atoms with E-state index in [9.17, 15) is 4.79 Å². The van der Waals surface area contributed by atoms with Crippen LogP contribution < -0.4 is 4.90 Å². The minimum absolute atomic E-state index is 0.333. The number of aromatic nitrogens is 1. The van der Waals surface area contributed by atoms with Gasteiger partial charge >= 0.3 is 5.97 Å². The van der Waals surface area contributed by atoms with Crippen LogP contribution in [0.2, 0.25) is 0 Å². The maximum Gasteiger partial charge on any atom is 0.335 e. The Hall–Kier alpha value is -2.40. The van der Waals surface area contributed by atoms with Gasteiger partial charge < -0.3 is 10.0 Å². The van der Waals surface area contributed by atoms with E-state index in [0.29, 0.717) is 5.56 Å². The smallest absolute Gasteiger partial charge is 0.335 e. The van der Waals surface area contributed by atoms with E-state index >= 15 is 0 Å². The average molecular weight is 297 g/mol. The number of pyridine rings is 1. The highest BCUT2D eigenvalue weighted by atomic mass is 16.4. The molecule has 0 radical (unpaired) electrons. The molecule has 1 saturated heterocycles. The second-order valence-corrected chi connectivity index (χ2v) is 5.47. The van der Waals surface area contributed by atoms with Gasteiger partial charge in [0.1, 0.15) is 0 Å². The van der Waals surface area contributed by atoms with Gasteiger partial charge in [-0.05, 0) is 42.0 Å². The first-order valence-corrected chi connectivity index (χ1v) is 7.42. The SMILES string of the molecule is O=C(O)c1ccc(N2CCN(Cc3ccncc3)CC2)cc1. The molecular formula is C17H19N3O2. The molecule has 22 heavy (non-hydrogen) atoms. The molecule has 0 saturated carbocycles. The van der Waals surface area contributed by atoms with E-state index in [1.807, 2.05) is 24.5 Å². The Kier molecular flexibility index (Phi) is 4.34. The van der Waals surface area contributed by atoms with Gasteiger partial charge in [-0.1, -0.05) is 0 Å². The molecular weight excluding hydrogens is 278 g/mol. The van der Waals surface area contributed by atoms with E-state index in [-0.39, 0.29) is 0 Å². The van der Waals surface area contributed by atoms with Crippen LogP contribution in [0.15, 0.2) is 48.8 Å². The average Bonchev–Trinajstić information content (AvgIpc) is 2.57. The van der Waals surface area contributed by atoms with Crippen LogP contribution in [-0.4, -0.2) is 47.1 Å². The van der Waals surface area contributed by atoms with E-state index in [4.69, 9.17) is 5.11 Å². The predicted octanol–water partition coefficient (Wildman–Crippen LogP) is 2.10. The largest absolute Gasteiger partial charge is 0.478 e.